The molecule has 3 nitrogen and oxygen atoms in total. The summed E-state index contributed by atoms with van der Waals surface area (Å²) in [6.45, 7) is 17.0. The number of ether oxygens (including phenoxy) is 2. The van der Waals surface area contributed by atoms with E-state index in [0.29, 0.717) is 36.5 Å². The molecule has 1 rings (SSSR count). The average Bonchev–Trinajstić information content (AvgIpc) is 2.50. The van der Waals surface area contributed by atoms with E-state index in [1.807, 2.05) is 6.07 Å². The van der Waals surface area contributed by atoms with E-state index in [4.69, 9.17) is 16.0 Å². The van der Waals surface area contributed by atoms with Crippen LogP contribution in [0, 0.1) is 18.4 Å². The quantitative estimate of drug-likeness (QED) is 0.617. The second kappa shape index (κ2) is 8.47. The summed E-state index contributed by atoms with van der Waals surface area (Å²) in [6, 6.07) is 5.37. The van der Waals surface area contributed by atoms with Gasteiger partial charge in [0.25, 0.3) is 0 Å². The second-order valence-corrected chi connectivity index (χ2v) is 5.39. The van der Waals surface area contributed by atoms with Gasteiger partial charge in [0.05, 0.1) is 19.8 Å². The summed E-state index contributed by atoms with van der Waals surface area (Å²) < 4.78 is 11.7. The van der Waals surface area contributed by atoms with Gasteiger partial charge in [-0.1, -0.05) is 46.6 Å². The van der Waals surface area contributed by atoms with E-state index >= 15 is 0 Å². The zero-order valence-corrected chi connectivity index (χ0v) is 13.0. The predicted molar refractivity (Wildman–Crippen MR) is 82.6 cm³/mol. The van der Waals surface area contributed by atoms with E-state index in [1.54, 1.807) is 12.1 Å². The molecule has 1 aromatic rings. The molecule has 1 aromatic carbocycles. The molecule has 0 aliphatic heterocycles. The lowest BCUT2D eigenvalue weighted by Gasteiger charge is -2.17. The molecule has 2 atom stereocenters. The Balaban J connectivity index is 2.78. The Morgan fingerprint density at radius 1 is 1.00 bits per heavy atom. The van der Waals surface area contributed by atoms with Gasteiger partial charge in [-0.05, 0) is 24.0 Å². The van der Waals surface area contributed by atoms with Crippen LogP contribution in [-0.2, 0) is 0 Å². The summed E-state index contributed by atoms with van der Waals surface area (Å²) in [6.07, 6.45) is 2.16. The maximum absolute atomic E-state index is 7.09. The van der Waals surface area contributed by atoms with Crippen molar-refractivity contribution in [2.75, 3.05) is 13.2 Å². The minimum atomic E-state index is 0.494. The Bertz CT molecular complexity index is 451. The Kier molecular flexibility index (Phi) is 6.93. The highest BCUT2D eigenvalue weighted by Gasteiger charge is 2.10. The molecule has 110 valence electrons. The minimum Gasteiger partial charge on any atom is -0.491 e. The van der Waals surface area contributed by atoms with Gasteiger partial charge < -0.3 is 9.47 Å². The molecule has 0 aliphatic rings. The van der Waals surface area contributed by atoms with Gasteiger partial charge in [-0.3, -0.25) is 0 Å². The van der Waals surface area contributed by atoms with Crippen LogP contribution in [0.15, 0.2) is 18.2 Å². The van der Waals surface area contributed by atoms with Crippen molar-refractivity contribution in [1.29, 1.82) is 0 Å². The predicted octanol–water partition coefficient (Wildman–Crippen LogP) is 5.09. The molecular formula is C17H25NO2. The van der Waals surface area contributed by atoms with Crippen molar-refractivity contribution in [2.45, 2.75) is 40.5 Å². The van der Waals surface area contributed by atoms with Crippen molar-refractivity contribution in [3.8, 4) is 11.5 Å². The standard InChI is InChI=1S/C17H25NO2/c1-6-13(3)11-19-16-9-8-15(18-5)10-17(16)20-12-14(4)7-2/h8-10,13-14H,6-7,11-12H2,1-4H3/t13-,14-/m0/s1. The van der Waals surface area contributed by atoms with Gasteiger partial charge in [-0.15, -0.1) is 0 Å². The summed E-state index contributed by atoms with van der Waals surface area (Å²) >= 11 is 0. The maximum Gasteiger partial charge on any atom is 0.191 e. The number of hydrogen-bond donors (Lipinski definition) is 0. The Morgan fingerprint density at radius 2 is 1.55 bits per heavy atom. The highest BCUT2D eigenvalue weighted by Crippen LogP contribution is 2.32. The van der Waals surface area contributed by atoms with Crippen LogP contribution in [0.5, 0.6) is 11.5 Å². The molecule has 0 amide bonds. The molecular weight excluding hydrogens is 250 g/mol. The van der Waals surface area contributed by atoms with Crippen molar-refractivity contribution < 1.29 is 9.47 Å². The van der Waals surface area contributed by atoms with Crippen molar-refractivity contribution in [3.05, 3.63) is 29.6 Å². The van der Waals surface area contributed by atoms with E-state index < -0.39 is 0 Å². The summed E-state index contributed by atoms with van der Waals surface area (Å²) in [5.74, 6) is 2.43. The normalized spacial score (nSPS) is 13.3. The first-order chi connectivity index (χ1) is 9.60. The zero-order chi connectivity index (χ0) is 15.0. The number of hydrogen-bond acceptors (Lipinski definition) is 2. The first-order valence-corrected chi connectivity index (χ1v) is 7.37. The third-order valence-corrected chi connectivity index (χ3v) is 3.50. The molecule has 0 spiro atoms. The largest absolute Gasteiger partial charge is 0.491 e. The molecule has 0 radical (unpaired) electrons. The topological polar surface area (TPSA) is 22.8 Å². The van der Waals surface area contributed by atoms with Crippen molar-refractivity contribution in [1.82, 2.24) is 0 Å². The van der Waals surface area contributed by atoms with E-state index in [-0.39, 0.29) is 0 Å². The van der Waals surface area contributed by atoms with Gasteiger partial charge in [0, 0.05) is 0 Å². The van der Waals surface area contributed by atoms with Crippen LogP contribution in [0.3, 0.4) is 0 Å². The number of benzene rings is 1. The SMILES string of the molecule is [C-]#[N+]c1ccc(OC[C@@H](C)CC)c(OC[C@@H](C)CC)c1. The van der Waals surface area contributed by atoms with Crippen LogP contribution in [0.2, 0.25) is 0 Å². The Morgan fingerprint density at radius 3 is 2.05 bits per heavy atom. The van der Waals surface area contributed by atoms with Crippen molar-refractivity contribution in [3.63, 3.8) is 0 Å². The minimum absolute atomic E-state index is 0.494. The highest BCUT2D eigenvalue weighted by atomic mass is 16.5. The lowest BCUT2D eigenvalue weighted by Crippen LogP contribution is -2.10. The molecule has 0 unspecified atom stereocenters. The molecule has 0 heterocycles. The fraction of sp³-hybridized carbons (Fsp3) is 0.588. The monoisotopic (exact) mass is 275 g/mol. The third-order valence-electron chi connectivity index (χ3n) is 3.50. The summed E-state index contributed by atoms with van der Waals surface area (Å²) in [5, 5.41) is 0. The third kappa shape index (κ3) is 5.13. The van der Waals surface area contributed by atoms with Gasteiger partial charge >= 0.3 is 0 Å². The van der Waals surface area contributed by atoms with Crippen molar-refractivity contribution in [2.24, 2.45) is 11.8 Å². The fourth-order valence-corrected chi connectivity index (χ4v) is 1.50. The highest BCUT2D eigenvalue weighted by molar-refractivity contribution is 5.55. The molecule has 20 heavy (non-hydrogen) atoms. The number of nitrogens with zero attached hydrogens (tertiary/aromatic N) is 1. The number of rotatable bonds is 8. The Hall–Kier alpha value is -1.69. The molecule has 0 saturated heterocycles. The van der Waals surface area contributed by atoms with Crippen LogP contribution in [0.1, 0.15) is 40.5 Å². The van der Waals surface area contributed by atoms with Crippen LogP contribution in [0.4, 0.5) is 5.69 Å². The lowest BCUT2D eigenvalue weighted by atomic mass is 10.1. The van der Waals surface area contributed by atoms with Crippen LogP contribution in [-0.4, -0.2) is 13.2 Å². The smallest absolute Gasteiger partial charge is 0.191 e. The van der Waals surface area contributed by atoms with Gasteiger partial charge in [-0.2, -0.15) is 0 Å². The van der Waals surface area contributed by atoms with Crippen LogP contribution < -0.4 is 9.47 Å². The molecule has 0 saturated carbocycles. The first kappa shape index (κ1) is 16.4. The van der Waals surface area contributed by atoms with Gasteiger partial charge in [0.15, 0.2) is 17.2 Å². The molecule has 0 aliphatic carbocycles. The molecule has 3 heteroatoms. The van der Waals surface area contributed by atoms with E-state index in [0.717, 1.165) is 18.6 Å². The van der Waals surface area contributed by atoms with Gasteiger partial charge in [0.2, 0.25) is 0 Å². The summed E-state index contributed by atoms with van der Waals surface area (Å²) in [7, 11) is 0. The fourth-order valence-electron chi connectivity index (χ4n) is 1.50. The lowest BCUT2D eigenvalue weighted by molar-refractivity contribution is 0.218. The van der Waals surface area contributed by atoms with E-state index in [1.165, 1.54) is 0 Å². The summed E-state index contributed by atoms with van der Waals surface area (Å²) in [5.41, 5.74) is 0.583. The van der Waals surface area contributed by atoms with Crippen LogP contribution >= 0.6 is 0 Å². The van der Waals surface area contributed by atoms with Gasteiger partial charge in [0.1, 0.15) is 0 Å². The van der Waals surface area contributed by atoms with Crippen LogP contribution in [0.25, 0.3) is 4.85 Å². The van der Waals surface area contributed by atoms with Gasteiger partial charge in [-0.25, -0.2) is 4.85 Å². The van der Waals surface area contributed by atoms with E-state index in [2.05, 4.69) is 32.5 Å². The molecule has 0 N–H and O–H groups in total. The van der Waals surface area contributed by atoms with Crippen molar-refractivity contribution >= 4 is 5.69 Å². The molecule has 0 fully saturated rings. The zero-order valence-electron chi connectivity index (χ0n) is 13.0. The Labute approximate surface area is 122 Å². The maximum atomic E-state index is 7.09. The first-order valence-electron chi connectivity index (χ1n) is 7.37. The molecule has 0 bridgehead atoms. The second-order valence-electron chi connectivity index (χ2n) is 5.39. The van der Waals surface area contributed by atoms with E-state index in [9.17, 15) is 0 Å². The molecule has 0 aromatic heterocycles. The average molecular weight is 275 g/mol. The summed E-state index contributed by atoms with van der Waals surface area (Å²) in [4.78, 5) is 3.45.